The van der Waals surface area contributed by atoms with Crippen molar-refractivity contribution in [1.82, 2.24) is 29.9 Å². The third-order valence-corrected chi connectivity index (χ3v) is 20.0. The zero-order valence-corrected chi connectivity index (χ0v) is 63.8. The van der Waals surface area contributed by atoms with E-state index in [1.54, 1.807) is 21.3 Å². The Hall–Kier alpha value is -11.0. The van der Waals surface area contributed by atoms with Crippen LogP contribution in [-0.4, -0.2) is 51.2 Å². The highest BCUT2D eigenvalue weighted by Crippen LogP contribution is 2.54. The van der Waals surface area contributed by atoms with Gasteiger partial charge in [0.2, 0.25) is 17.6 Å². The number of nitrogens with zero attached hydrogens (tertiary/aromatic N) is 6. The first-order valence-electron chi connectivity index (χ1n) is 37.4. The minimum atomic E-state index is -0.142. The summed E-state index contributed by atoms with van der Waals surface area (Å²) in [6.45, 7) is 19.8. The molecule has 1 aliphatic carbocycles. The quantitative estimate of drug-likeness (QED) is 0.0478. The number of hydrogen-bond donors (Lipinski definition) is 0. The maximum Gasteiger partial charge on any atom is 0.223 e. The Morgan fingerprint density at radius 2 is 0.708 bits per heavy atom. The highest BCUT2D eigenvalue weighted by Gasteiger charge is 2.45. The second kappa shape index (κ2) is 36.1. The van der Waals surface area contributed by atoms with Crippen molar-refractivity contribution >= 4 is 0 Å². The molecule has 1 aliphatic rings. The molecular formula is C94H102N6O6. The van der Waals surface area contributed by atoms with Crippen molar-refractivity contribution in [3.05, 3.63) is 305 Å². The van der Waals surface area contributed by atoms with Crippen LogP contribution in [-0.2, 0) is 10.8 Å². The van der Waals surface area contributed by atoms with E-state index in [4.69, 9.17) is 28.4 Å². The van der Waals surface area contributed by atoms with Gasteiger partial charge in [0, 0.05) is 68.7 Å². The predicted octanol–water partition coefficient (Wildman–Crippen LogP) is 24.5. The topological polar surface area (TPSA) is 133 Å². The fraction of sp³-hybridized carbons (Fsp3) is 0.298. The van der Waals surface area contributed by atoms with E-state index in [2.05, 4.69) is 193 Å². The first-order valence-corrected chi connectivity index (χ1v) is 37.4. The van der Waals surface area contributed by atoms with Gasteiger partial charge in [0.05, 0.1) is 21.3 Å². The number of aryl methyl sites for hydroxylation is 3. The van der Waals surface area contributed by atoms with Crippen LogP contribution in [0.2, 0.25) is 0 Å². The summed E-state index contributed by atoms with van der Waals surface area (Å²) >= 11 is 0. The van der Waals surface area contributed by atoms with Gasteiger partial charge >= 0.3 is 0 Å². The average Bonchev–Trinajstić information content (AvgIpc) is 0.744. The molecule has 12 heteroatoms. The molecular weight excluding hydrogens is 1310 g/mol. The summed E-state index contributed by atoms with van der Waals surface area (Å²) in [5.41, 5.74) is 13.3. The zero-order chi connectivity index (χ0) is 74.5. The molecule has 1 fully saturated rings. The highest BCUT2D eigenvalue weighted by molar-refractivity contribution is 5.58. The summed E-state index contributed by atoms with van der Waals surface area (Å²) in [4.78, 5) is 27.6. The monoisotopic (exact) mass is 1410 g/mol. The molecule has 0 amide bonds. The van der Waals surface area contributed by atoms with Crippen molar-refractivity contribution in [3.63, 3.8) is 0 Å². The van der Waals surface area contributed by atoms with Gasteiger partial charge < -0.3 is 28.4 Å². The van der Waals surface area contributed by atoms with Crippen LogP contribution in [0.1, 0.15) is 169 Å². The predicted molar refractivity (Wildman–Crippen MR) is 429 cm³/mol. The maximum absolute atomic E-state index is 6.23. The summed E-state index contributed by atoms with van der Waals surface area (Å²) < 4.78 is 34.6. The minimum absolute atomic E-state index is 0.0576. The maximum atomic E-state index is 6.23. The summed E-state index contributed by atoms with van der Waals surface area (Å²) in [6.07, 6.45) is 13.8. The van der Waals surface area contributed by atoms with Crippen LogP contribution >= 0.6 is 0 Å². The van der Waals surface area contributed by atoms with Crippen molar-refractivity contribution < 1.29 is 28.4 Å². The molecule has 12 aromatic rings. The van der Waals surface area contributed by atoms with Crippen LogP contribution in [0, 0.1) is 32.1 Å². The van der Waals surface area contributed by atoms with E-state index in [0.29, 0.717) is 46.9 Å². The van der Waals surface area contributed by atoms with E-state index in [0.717, 1.165) is 87.5 Å². The summed E-state index contributed by atoms with van der Waals surface area (Å²) in [5, 5.41) is 0. The van der Waals surface area contributed by atoms with E-state index in [1.807, 2.05) is 154 Å². The fourth-order valence-corrected chi connectivity index (χ4v) is 14.8. The van der Waals surface area contributed by atoms with Crippen molar-refractivity contribution in [1.29, 1.82) is 0 Å². The van der Waals surface area contributed by atoms with Gasteiger partial charge in [-0.3, -0.25) is 0 Å². The third-order valence-electron chi connectivity index (χ3n) is 20.0. The van der Waals surface area contributed by atoms with E-state index in [-0.39, 0.29) is 16.2 Å². The van der Waals surface area contributed by atoms with E-state index < -0.39 is 0 Å². The molecule has 9 aromatic carbocycles. The van der Waals surface area contributed by atoms with Crippen molar-refractivity contribution in [2.24, 2.45) is 11.3 Å². The van der Waals surface area contributed by atoms with Gasteiger partial charge in [-0.15, -0.1) is 0 Å². The van der Waals surface area contributed by atoms with Crippen LogP contribution in [0.15, 0.2) is 255 Å². The number of aromatic nitrogens is 6. The normalized spacial score (nSPS) is 14.8. The molecule has 0 saturated heterocycles. The molecule has 3 unspecified atom stereocenters. The van der Waals surface area contributed by atoms with Gasteiger partial charge in [0.15, 0.2) is 17.5 Å². The molecule has 3 atom stereocenters. The van der Waals surface area contributed by atoms with Crippen molar-refractivity contribution in [3.8, 4) is 86.3 Å². The number of rotatable bonds is 26. The van der Waals surface area contributed by atoms with E-state index in [9.17, 15) is 0 Å². The van der Waals surface area contributed by atoms with Gasteiger partial charge in [-0.05, 0) is 164 Å². The summed E-state index contributed by atoms with van der Waals surface area (Å²) in [7, 11) is 5.11. The second-order valence-electron chi connectivity index (χ2n) is 29.3. The Labute approximate surface area is 628 Å². The molecule has 1 saturated carbocycles. The molecule has 12 nitrogen and oxygen atoms in total. The van der Waals surface area contributed by atoms with Gasteiger partial charge in [0.1, 0.15) is 34.5 Å². The lowest BCUT2D eigenvalue weighted by atomic mass is 9.55. The lowest BCUT2D eigenvalue weighted by molar-refractivity contribution is 0.127. The summed E-state index contributed by atoms with van der Waals surface area (Å²) in [5.74, 6) is 9.54. The Bertz CT molecular complexity index is 4690. The van der Waals surface area contributed by atoms with Gasteiger partial charge in [-0.25, -0.2) is 15.0 Å². The first-order chi connectivity index (χ1) is 51.4. The van der Waals surface area contributed by atoms with Crippen LogP contribution in [0.5, 0.6) is 52.1 Å². The van der Waals surface area contributed by atoms with E-state index >= 15 is 0 Å². The molecule has 544 valence electrons. The highest BCUT2D eigenvalue weighted by atomic mass is 16.5. The Kier molecular flexibility index (Phi) is 26.0. The second-order valence-corrected chi connectivity index (χ2v) is 29.3. The Morgan fingerprint density at radius 3 is 1.07 bits per heavy atom. The molecule has 3 heterocycles. The number of unbranched alkanes of at least 4 members (excludes halogenated alkanes) is 6. The fourth-order valence-electron chi connectivity index (χ4n) is 14.8. The standard InChI is InChI=1S/C34H40N2O2.C33H36N2O2.C27H26N2O2/c1-4-5-6-7-8-9-13-16-32(27-17-21-30(37-3)22-18-27)28-19-23-31(24-20-28)38-33-25-26(2)35-34(36-33)29-14-11-10-12-15-29;1-23-20-32(3,4)22-33(21-23,26-11-15-28(36-5)16-12-26)27-13-17-29(18-14-27)37-30-19-24(2)34-31(35-30)25-9-7-6-8-10-25;1-19-18-25(29-26(28-19)20-8-6-5-7-9-20)31-24-16-12-22(13-17-24)27(2,3)21-10-14-23(30-4)15-11-21/h10-12,14-15,17-25,32H,4-9,13,16H2,1-3H3;6-19,23H,20-22H2,1-5H3;5-18H,1-4H3. The number of methoxy groups -OCH3 is 3. The van der Waals surface area contributed by atoms with Crippen LogP contribution in [0.4, 0.5) is 0 Å². The van der Waals surface area contributed by atoms with Crippen molar-refractivity contribution in [2.45, 2.75) is 150 Å². The summed E-state index contributed by atoms with van der Waals surface area (Å²) in [6, 6.07) is 86.2. The smallest absolute Gasteiger partial charge is 0.223 e. The molecule has 0 aliphatic heterocycles. The molecule has 13 rings (SSSR count). The van der Waals surface area contributed by atoms with Gasteiger partial charge in [-0.1, -0.05) is 250 Å². The van der Waals surface area contributed by atoms with Crippen LogP contribution in [0.3, 0.4) is 0 Å². The van der Waals surface area contributed by atoms with Crippen molar-refractivity contribution in [2.75, 3.05) is 21.3 Å². The molecule has 3 aromatic heterocycles. The van der Waals surface area contributed by atoms with Crippen LogP contribution < -0.4 is 28.4 Å². The average molecular weight is 1410 g/mol. The van der Waals surface area contributed by atoms with Crippen LogP contribution in [0.25, 0.3) is 34.2 Å². The first kappa shape index (κ1) is 76.2. The number of ether oxygens (including phenoxy) is 6. The molecule has 0 N–H and O–H groups in total. The zero-order valence-electron chi connectivity index (χ0n) is 63.8. The Balaban J connectivity index is 0.000000160. The van der Waals surface area contributed by atoms with Gasteiger partial charge in [-0.2, -0.15) is 15.0 Å². The molecule has 0 bridgehead atoms. The molecule has 0 spiro atoms. The Morgan fingerprint density at radius 1 is 0.387 bits per heavy atom. The SMILES string of the molecule is CCCCCCCCCC(c1ccc(OC)cc1)c1ccc(Oc2cc(C)nc(-c3ccccc3)n2)cc1.COc1ccc(C(C)(C)c2ccc(Oc3cc(C)nc(-c4ccccc4)n3)cc2)cc1.COc1ccc(C2(c3ccc(Oc4cc(C)nc(-c5ccccc5)n4)cc3)CC(C)CC(C)(C)C2)cc1. The third kappa shape index (κ3) is 20.5. The largest absolute Gasteiger partial charge is 0.497 e. The van der Waals surface area contributed by atoms with E-state index in [1.165, 1.54) is 84.7 Å². The number of hydrogen-bond acceptors (Lipinski definition) is 12. The number of benzene rings is 9. The molecule has 0 radical (unpaired) electrons. The minimum Gasteiger partial charge on any atom is -0.497 e. The lowest BCUT2D eigenvalue weighted by Gasteiger charge is -2.48. The lowest BCUT2D eigenvalue weighted by Crippen LogP contribution is -2.41. The molecule has 106 heavy (non-hydrogen) atoms. The van der Waals surface area contributed by atoms with Gasteiger partial charge in [0.25, 0.3) is 0 Å².